The molecule has 9 heteroatoms. The maximum atomic E-state index is 12.1. The number of fused-ring (bicyclic) bond motifs is 1. The summed E-state index contributed by atoms with van der Waals surface area (Å²) < 4.78 is 24.0. The molecular formula is C15H16Cl2N2O3S2. The van der Waals surface area contributed by atoms with Gasteiger partial charge in [0, 0.05) is 11.2 Å². The Kier molecular flexibility index (Phi) is 4.90. The van der Waals surface area contributed by atoms with Gasteiger partial charge in [-0.1, -0.05) is 54.9 Å². The molecule has 1 aromatic carbocycles. The average Bonchev–Trinajstić information content (AvgIpc) is 2.91. The Hall–Kier alpha value is -0.760. The molecule has 0 aromatic heterocycles. The van der Waals surface area contributed by atoms with Crippen LogP contribution in [0.5, 0.6) is 0 Å². The summed E-state index contributed by atoms with van der Waals surface area (Å²) in [7, 11) is -3.13. The predicted molar refractivity (Wildman–Crippen MR) is 100 cm³/mol. The average molecular weight is 407 g/mol. The quantitative estimate of drug-likeness (QED) is 0.753. The van der Waals surface area contributed by atoms with Crippen molar-refractivity contribution < 1.29 is 13.2 Å². The van der Waals surface area contributed by atoms with Crippen LogP contribution in [0.25, 0.3) is 0 Å². The Morgan fingerprint density at radius 2 is 1.92 bits per heavy atom. The van der Waals surface area contributed by atoms with Crippen molar-refractivity contribution in [3.63, 3.8) is 0 Å². The molecule has 0 unspecified atom stereocenters. The minimum atomic E-state index is -3.13. The van der Waals surface area contributed by atoms with Crippen molar-refractivity contribution in [2.75, 3.05) is 16.4 Å². The monoisotopic (exact) mass is 406 g/mol. The number of sulfone groups is 1. The molecule has 2 aliphatic heterocycles. The number of carbonyl (C=O) groups excluding carboxylic acids is 1. The number of amides is 1. The lowest BCUT2D eigenvalue weighted by atomic mass is 10.2. The van der Waals surface area contributed by atoms with Gasteiger partial charge in [-0.05, 0) is 12.1 Å². The van der Waals surface area contributed by atoms with Crippen LogP contribution in [-0.2, 0) is 14.6 Å². The highest BCUT2D eigenvalue weighted by Gasteiger charge is 2.50. The molecular weight excluding hydrogens is 391 g/mol. The molecule has 130 valence electrons. The Balaban J connectivity index is 2.10. The number of rotatable bonds is 2. The summed E-state index contributed by atoms with van der Waals surface area (Å²) in [6, 6.07) is 4.77. The van der Waals surface area contributed by atoms with E-state index in [0.717, 1.165) is 0 Å². The van der Waals surface area contributed by atoms with Crippen LogP contribution in [0.15, 0.2) is 23.2 Å². The van der Waals surface area contributed by atoms with Crippen LogP contribution in [0, 0.1) is 5.92 Å². The number of anilines is 1. The van der Waals surface area contributed by atoms with Gasteiger partial charge in [-0.15, -0.1) is 0 Å². The molecule has 2 aliphatic rings. The SMILES string of the molecule is CC(C)C(=O)N=C1S[C@@H]2CS(=O)(=O)C[C@@H]2N1c1c(Cl)cccc1Cl. The molecule has 2 fully saturated rings. The third-order valence-electron chi connectivity index (χ3n) is 3.94. The van der Waals surface area contributed by atoms with Gasteiger partial charge in [0.15, 0.2) is 15.0 Å². The van der Waals surface area contributed by atoms with E-state index in [2.05, 4.69) is 4.99 Å². The fourth-order valence-electron chi connectivity index (χ4n) is 2.77. The van der Waals surface area contributed by atoms with E-state index < -0.39 is 9.84 Å². The highest BCUT2D eigenvalue weighted by molar-refractivity contribution is 8.16. The normalized spacial score (nSPS) is 27.0. The zero-order valence-corrected chi connectivity index (χ0v) is 16.2. The van der Waals surface area contributed by atoms with E-state index in [-0.39, 0.29) is 34.6 Å². The Morgan fingerprint density at radius 1 is 1.29 bits per heavy atom. The Morgan fingerprint density at radius 3 is 2.50 bits per heavy atom. The van der Waals surface area contributed by atoms with Gasteiger partial charge in [-0.2, -0.15) is 4.99 Å². The molecule has 24 heavy (non-hydrogen) atoms. The smallest absolute Gasteiger partial charge is 0.250 e. The topological polar surface area (TPSA) is 66.8 Å². The second kappa shape index (κ2) is 6.52. The third kappa shape index (κ3) is 3.31. The standard InChI is InChI=1S/C15H16Cl2N2O3S2/c1-8(2)14(20)18-15-19(13-9(16)4-3-5-10(13)17)11-6-24(21,22)7-12(11)23-15/h3-5,8,11-12H,6-7H2,1-2H3/t11-,12+/m0/s1. The molecule has 2 saturated heterocycles. The lowest BCUT2D eigenvalue weighted by Gasteiger charge is -2.26. The zero-order chi connectivity index (χ0) is 17.6. The van der Waals surface area contributed by atoms with E-state index in [1.165, 1.54) is 11.8 Å². The van der Waals surface area contributed by atoms with Crippen molar-refractivity contribution >= 4 is 61.6 Å². The van der Waals surface area contributed by atoms with Gasteiger partial charge in [0.05, 0.1) is 33.3 Å². The van der Waals surface area contributed by atoms with E-state index in [1.54, 1.807) is 36.9 Å². The van der Waals surface area contributed by atoms with Crippen molar-refractivity contribution in [1.29, 1.82) is 0 Å². The molecule has 0 aliphatic carbocycles. The Labute approximate surface area is 155 Å². The number of amidine groups is 1. The first kappa shape index (κ1) is 18.0. The maximum Gasteiger partial charge on any atom is 0.250 e. The Bertz CT molecular complexity index is 804. The molecule has 2 heterocycles. The second-order valence-electron chi connectivity index (χ2n) is 6.13. The largest absolute Gasteiger partial charge is 0.313 e. The highest BCUT2D eigenvalue weighted by Crippen LogP contribution is 2.45. The molecule has 0 bridgehead atoms. The van der Waals surface area contributed by atoms with Crippen LogP contribution in [0.3, 0.4) is 0 Å². The maximum absolute atomic E-state index is 12.1. The molecule has 3 rings (SSSR count). The number of benzene rings is 1. The van der Waals surface area contributed by atoms with E-state index in [1.807, 2.05) is 0 Å². The zero-order valence-electron chi connectivity index (χ0n) is 13.1. The van der Waals surface area contributed by atoms with E-state index in [4.69, 9.17) is 23.2 Å². The van der Waals surface area contributed by atoms with Gasteiger partial charge in [0.2, 0.25) is 0 Å². The summed E-state index contributed by atoms with van der Waals surface area (Å²) in [5.41, 5.74) is 0.508. The molecule has 0 radical (unpaired) electrons. The minimum absolute atomic E-state index is 0.00110. The highest BCUT2D eigenvalue weighted by atomic mass is 35.5. The summed E-state index contributed by atoms with van der Waals surface area (Å²) in [6.45, 7) is 3.54. The van der Waals surface area contributed by atoms with E-state index in [0.29, 0.717) is 20.9 Å². The molecule has 0 spiro atoms. The lowest BCUT2D eigenvalue weighted by Crippen LogP contribution is -2.38. The molecule has 1 amide bonds. The van der Waals surface area contributed by atoms with Gasteiger partial charge in [0.25, 0.3) is 5.91 Å². The van der Waals surface area contributed by atoms with E-state index >= 15 is 0 Å². The summed E-state index contributed by atoms with van der Waals surface area (Å²) in [4.78, 5) is 18.0. The van der Waals surface area contributed by atoms with Gasteiger partial charge >= 0.3 is 0 Å². The van der Waals surface area contributed by atoms with Crippen LogP contribution in [0.2, 0.25) is 10.0 Å². The number of hydrogen-bond donors (Lipinski definition) is 0. The second-order valence-corrected chi connectivity index (χ2v) is 10.3. The number of halogens is 2. The number of thioether (sulfide) groups is 1. The predicted octanol–water partition coefficient (Wildman–Crippen LogP) is 3.25. The fourth-order valence-corrected chi connectivity index (χ4v) is 7.25. The summed E-state index contributed by atoms with van der Waals surface area (Å²) in [6.07, 6.45) is 0. The van der Waals surface area contributed by atoms with Crippen LogP contribution in [-0.4, -0.2) is 42.3 Å². The first-order valence-electron chi connectivity index (χ1n) is 7.42. The number of para-hydroxylation sites is 1. The van der Waals surface area contributed by atoms with Crippen molar-refractivity contribution in [3.8, 4) is 0 Å². The van der Waals surface area contributed by atoms with Crippen LogP contribution < -0.4 is 4.90 Å². The van der Waals surface area contributed by atoms with Crippen molar-refractivity contribution in [3.05, 3.63) is 28.2 Å². The summed E-state index contributed by atoms with van der Waals surface area (Å²) >= 11 is 13.9. The van der Waals surface area contributed by atoms with Crippen molar-refractivity contribution in [1.82, 2.24) is 0 Å². The van der Waals surface area contributed by atoms with Crippen LogP contribution in [0.1, 0.15) is 13.8 Å². The van der Waals surface area contributed by atoms with Crippen LogP contribution >= 0.6 is 35.0 Å². The number of aliphatic imine (C=N–C) groups is 1. The molecule has 0 N–H and O–H groups in total. The van der Waals surface area contributed by atoms with Gasteiger partial charge in [-0.25, -0.2) is 8.42 Å². The molecule has 5 nitrogen and oxygen atoms in total. The summed E-state index contributed by atoms with van der Waals surface area (Å²) in [5.74, 6) is -0.434. The van der Waals surface area contributed by atoms with Gasteiger partial charge < -0.3 is 4.90 Å². The van der Waals surface area contributed by atoms with Gasteiger partial charge in [0.1, 0.15) is 0 Å². The number of nitrogens with zero attached hydrogens (tertiary/aromatic N) is 2. The number of carbonyl (C=O) groups is 1. The first-order chi connectivity index (χ1) is 11.2. The van der Waals surface area contributed by atoms with E-state index in [9.17, 15) is 13.2 Å². The first-order valence-corrected chi connectivity index (χ1v) is 10.9. The van der Waals surface area contributed by atoms with Gasteiger partial charge in [-0.3, -0.25) is 4.79 Å². The van der Waals surface area contributed by atoms with Crippen molar-refractivity contribution in [2.45, 2.75) is 25.1 Å². The van der Waals surface area contributed by atoms with Crippen molar-refractivity contribution in [2.24, 2.45) is 10.9 Å². The molecule has 2 atom stereocenters. The molecule has 0 saturated carbocycles. The minimum Gasteiger partial charge on any atom is -0.313 e. The third-order valence-corrected chi connectivity index (χ3v) is 7.76. The fraction of sp³-hybridized carbons (Fsp3) is 0.467. The lowest BCUT2D eigenvalue weighted by molar-refractivity contribution is -0.120. The number of hydrogen-bond acceptors (Lipinski definition) is 4. The van der Waals surface area contributed by atoms with Crippen LogP contribution in [0.4, 0.5) is 5.69 Å². The molecule has 1 aromatic rings. The summed E-state index contributed by atoms with van der Waals surface area (Å²) in [5, 5.41) is 1.09.